The van der Waals surface area contributed by atoms with Gasteiger partial charge in [0, 0.05) is 10.6 Å². The van der Waals surface area contributed by atoms with Gasteiger partial charge in [0.15, 0.2) is 5.54 Å². The molecule has 3 rings (SSSR count). The van der Waals surface area contributed by atoms with Crippen molar-refractivity contribution >= 4 is 23.5 Å². The van der Waals surface area contributed by atoms with E-state index < -0.39 is 23.6 Å². The Balaban J connectivity index is 2.22. The fraction of sp³-hybridized carbons (Fsp3) is 0.273. The summed E-state index contributed by atoms with van der Waals surface area (Å²) in [5, 5.41) is 5.35. The summed E-state index contributed by atoms with van der Waals surface area (Å²) in [6.07, 6.45) is -0.470. The Morgan fingerprint density at radius 2 is 2.18 bits per heavy atom. The Hall–Kier alpha value is -1.75. The molecular weight excluding hydrogens is 244 g/mol. The molecule has 2 N–H and O–H groups in total. The molecule has 2 aliphatic heterocycles. The Bertz CT molecular complexity index is 546. The third-order valence-corrected chi connectivity index (χ3v) is 3.41. The smallest absolute Gasteiger partial charge is 0.322 e. The lowest BCUT2D eigenvalue weighted by molar-refractivity contribution is -0.126. The fourth-order valence-electron chi connectivity index (χ4n) is 2.36. The van der Waals surface area contributed by atoms with Crippen molar-refractivity contribution in [2.45, 2.75) is 18.6 Å². The minimum atomic E-state index is -1.16. The Kier molecular flexibility index (Phi) is 1.92. The topological polar surface area (TPSA) is 67.4 Å². The van der Waals surface area contributed by atoms with Crippen molar-refractivity contribution < 1.29 is 14.3 Å². The first-order valence-corrected chi connectivity index (χ1v) is 5.52. The van der Waals surface area contributed by atoms with E-state index in [1.807, 2.05) is 0 Å². The minimum Gasteiger partial charge on any atom is -0.487 e. The monoisotopic (exact) mass is 252 g/mol. The van der Waals surface area contributed by atoms with E-state index in [9.17, 15) is 9.59 Å². The first-order chi connectivity index (χ1) is 8.04. The molecule has 5 nitrogen and oxygen atoms in total. The molecule has 1 saturated heterocycles. The van der Waals surface area contributed by atoms with Crippen LogP contribution in [0.25, 0.3) is 0 Å². The molecule has 0 bridgehead atoms. The molecule has 88 valence electrons. The summed E-state index contributed by atoms with van der Waals surface area (Å²) in [6, 6.07) is 4.51. The van der Waals surface area contributed by atoms with Crippen molar-refractivity contribution in [3.05, 3.63) is 28.8 Å². The highest BCUT2D eigenvalue weighted by atomic mass is 35.5. The average molecular weight is 253 g/mol. The molecule has 0 aromatic heterocycles. The fourth-order valence-corrected chi connectivity index (χ4v) is 2.53. The Morgan fingerprint density at radius 3 is 2.82 bits per heavy atom. The van der Waals surface area contributed by atoms with Crippen LogP contribution < -0.4 is 15.4 Å². The maximum absolute atomic E-state index is 12.0. The lowest BCUT2D eigenvalue weighted by Gasteiger charge is -2.23. The van der Waals surface area contributed by atoms with Gasteiger partial charge in [0.05, 0.1) is 0 Å². The molecule has 17 heavy (non-hydrogen) atoms. The number of benzene rings is 1. The second-order valence-electron chi connectivity index (χ2n) is 4.12. The normalized spacial score (nSPS) is 29.9. The van der Waals surface area contributed by atoms with Gasteiger partial charge in [-0.25, -0.2) is 4.79 Å². The number of amides is 3. The van der Waals surface area contributed by atoms with Crippen LogP contribution in [0.4, 0.5) is 4.79 Å². The first kappa shape index (κ1) is 10.4. The molecule has 2 unspecified atom stereocenters. The molecule has 0 aliphatic carbocycles. The molecule has 2 atom stereocenters. The zero-order chi connectivity index (χ0) is 12.2. The Morgan fingerprint density at radius 1 is 1.41 bits per heavy atom. The summed E-state index contributed by atoms with van der Waals surface area (Å²) in [6.45, 7) is 1.74. The van der Waals surface area contributed by atoms with E-state index in [-0.39, 0.29) is 0 Å². The Labute approximate surface area is 102 Å². The van der Waals surface area contributed by atoms with Crippen molar-refractivity contribution in [1.29, 1.82) is 0 Å². The van der Waals surface area contributed by atoms with E-state index in [0.29, 0.717) is 16.3 Å². The van der Waals surface area contributed by atoms with Crippen LogP contribution in [0.15, 0.2) is 18.2 Å². The van der Waals surface area contributed by atoms with Crippen LogP contribution in [-0.2, 0) is 10.3 Å². The predicted molar refractivity (Wildman–Crippen MR) is 59.9 cm³/mol. The van der Waals surface area contributed by atoms with E-state index in [0.717, 1.165) is 0 Å². The van der Waals surface area contributed by atoms with Gasteiger partial charge >= 0.3 is 6.03 Å². The number of fused-ring (bicyclic) bond motifs is 2. The largest absolute Gasteiger partial charge is 0.487 e. The number of carbonyl (C=O) groups is 2. The molecule has 1 aromatic carbocycles. The number of urea groups is 1. The van der Waals surface area contributed by atoms with Crippen molar-refractivity contribution in [2.75, 3.05) is 0 Å². The van der Waals surface area contributed by atoms with Gasteiger partial charge in [-0.05, 0) is 25.1 Å². The van der Waals surface area contributed by atoms with Gasteiger partial charge < -0.3 is 10.1 Å². The highest BCUT2D eigenvalue weighted by Crippen LogP contribution is 2.44. The molecular formula is C11H9ClN2O3. The van der Waals surface area contributed by atoms with Gasteiger partial charge in [-0.3, -0.25) is 10.1 Å². The maximum atomic E-state index is 12.0. The number of imide groups is 1. The molecule has 6 heteroatoms. The summed E-state index contributed by atoms with van der Waals surface area (Å²) in [5.41, 5.74) is -0.557. The highest BCUT2D eigenvalue weighted by Gasteiger charge is 2.58. The van der Waals surface area contributed by atoms with E-state index >= 15 is 0 Å². The van der Waals surface area contributed by atoms with Gasteiger partial charge in [-0.15, -0.1) is 0 Å². The van der Waals surface area contributed by atoms with Crippen molar-refractivity contribution in [3.8, 4) is 5.75 Å². The third kappa shape index (κ3) is 1.20. The van der Waals surface area contributed by atoms with Crippen molar-refractivity contribution in [1.82, 2.24) is 10.6 Å². The quantitative estimate of drug-likeness (QED) is 0.681. The summed E-state index contributed by atoms with van der Waals surface area (Å²) in [5.74, 6) is 0.162. The zero-order valence-corrected chi connectivity index (χ0v) is 9.67. The van der Waals surface area contributed by atoms with Crippen LogP contribution in [0, 0.1) is 0 Å². The molecule has 1 fully saturated rings. The number of hydrogen-bond acceptors (Lipinski definition) is 3. The van der Waals surface area contributed by atoms with E-state index in [1.165, 1.54) is 0 Å². The van der Waals surface area contributed by atoms with Crippen LogP contribution >= 0.6 is 11.6 Å². The molecule has 2 aliphatic rings. The lowest BCUT2D eigenvalue weighted by Crippen LogP contribution is -2.50. The van der Waals surface area contributed by atoms with Crippen LogP contribution in [0.1, 0.15) is 12.5 Å². The number of ether oxygens (including phenoxy) is 1. The molecule has 3 amide bonds. The van der Waals surface area contributed by atoms with Gasteiger partial charge in [-0.1, -0.05) is 11.6 Å². The molecule has 1 spiro atoms. The molecule has 1 aromatic rings. The lowest BCUT2D eigenvalue weighted by atomic mass is 9.87. The van der Waals surface area contributed by atoms with Crippen LogP contribution in [0.2, 0.25) is 5.02 Å². The zero-order valence-electron chi connectivity index (χ0n) is 8.91. The standard InChI is InChI=1S/C11H9ClN2O3/c1-5-11(9(15)13-10(16)14-11)7-4-6(12)2-3-8(7)17-5/h2-5H,1H3,(H2,13,14,15,16). The number of hydrogen-bond donors (Lipinski definition) is 2. The minimum absolute atomic E-state index is 0.406. The van der Waals surface area contributed by atoms with Crippen molar-refractivity contribution in [3.63, 3.8) is 0 Å². The van der Waals surface area contributed by atoms with Crippen LogP contribution in [0.3, 0.4) is 0 Å². The van der Waals surface area contributed by atoms with Gasteiger partial charge in [0.1, 0.15) is 11.9 Å². The van der Waals surface area contributed by atoms with Gasteiger partial charge in [0.25, 0.3) is 5.91 Å². The number of halogens is 1. The second kappa shape index (κ2) is 3.13. The summed E-state index contributed by atoms with van der Waals surface area (Å²) in [7, 11) is 0. The number of carbonyl (C=O) groups excluding carboxylic acids is 2. The van der Waals surface area contributed by atoms with Crippen LogP contribution in [-0.4, -0.2) is 18.0 Å². The summed E-state index contributed by atoms with van der Waals surface area (Å²) < 4.78 is 5.58. The van der Waals surface area contributed by atoms with Gasteiger partial charge in [0.2, 0.25) is 0 Å². The second-order valence-corrected chi connectivity index (χ2v) is 4.55. The average Bonchev–Trinajstić information content (AvgIpc) is 2.70. The molecule has 0 saturated carbocycles. The van der Waals surface area contributed by atoms with Crippen LogP contribution in [0.5, 0.6) is 5.75 Å². The molecule has 2 heterocycles. The molecule has 0 radical (unpaired) electrons. The van der Waals surface area contributed by atoms with Crippen molar-refractivity contribution in [2.24, 2.45) is 0 Å². The maximum Gasteiger partial charge on any atom is 0.322 e. The summed E-state index contributed by atoms with van der Waals surface area (Å²) >= 11 is 5.92. The number of nitrogens with one attached hydrogen (secondary N) is 2. The SMILES string of the molecule is CC1Oc2ccc(Cl)cc2C12NC(=O)NC2=O. The van der Waals surface area contributed by atoms with E-state index in [1.54, 1.807) is 25.1 Å². The summed E-state index contributed by atoms with van der Waals surface area (Å²) in [4.78, 5) is 23.3. The predicted octanol–water partition coefficient (Wildman–Crippen LogP) is 1.16. The third-order valence-electron chi connectivity index (χ3n) is 3.18. The van der Waals surface area contributed by atoms with E-state index in [4.69, 9.17) is 16.3 Å². The highest BCUT2D eigenvalue weighted by molar-refractivity contribution is 6.30. The van der Waals surface area contributed by atoms with E-state index in [2.05, 4.69) is 10.6 Å². The number of rotatable bonds is 0. The van der Waals surface area contributed by atoms with Gasteiger partial charge in [-0.2, -0.15) is 0 Å². The first-order valence-electron chi connectivity index (χ1n) is 5.14.